The number of hydrogen-bond donors (Lipinski definition) is 1. The van der Waals surface area contributed by atoms with Gasteiger partial charge in [-0.1, -0.05) is 0 Å². The van der Waals surface area contributed by atoms with Gasteiger partial charge >= 0.3 is 0 Å². The highest BCUT2D eigenvalue weighted by molar-refractivity contribution is 5.02. The van der Waals surface area contributed by atoms with Crippen molar-refractivity contribution in [2.24, 2.45) is 0 Å². The molecule has 1 heterocycles. The Morgan fingerprint density at radius 1 is 1.69 bits per heavy atom. The predicted octanol–water partition coefficient (Wildman–Crippen LogP) is -0.0183. The zero-order chi connectivity index (χ0) is 9.90. The second kappa shape index (κ2) is 4.05. The van der Waals surface area contributed by atoms with Crippen molar-refractivity contribution in [3.8, 4) is 6.07 Å². The maximum atomic E-state index is 8.91. The fourth-order valence-electron chi connectivity index (χ4n) is 1.41. The molecule has 1 fully saturated rings. The van der Waals surface area contributed by atoms with Crippen molar-refractivity contribution in [1.82, 2.24) is 4.90 Å². The maximum Gasteiger partial charge on any atom is 0.103 e. The summed E-state index contributed by atoms with van der Waals surface area (Å²) < 4.78 is 5.30. The van der Waals surface area contributed by atoms with Crippen molar-refractivity contribution >= 4 is 0 Å². The number of nitrogens with zero attached hydrogens (tertiary/aromatic N) is 2. The highest BCUT2D eigenvalue weighted by Crippen LogP contribution is 2.17. The van der Waals surface area contributed by atoms with E-state index in [2.05, 4.69) is 6.07 Å². The Morgan fingerprint density at radius 3 is 2.92 bits per heavy atom. The molecule has 0 spiro atoms. The molecule has 0 amide bonds. The van der Waals surface area contributed by atoms with E-state index in [0.717, 1.165) is 6.54 Å². The molecule has 0 saturated carbocycles. The van der Waals surface area contributed by atoms with Crippen LogP contribution >= 0.6 is 0 Å². The van der Waals surface area contributed by atoms with Crippen molar-refractivity contribution < 1.29 is 9.84 Å². The van der Waals surface area contributed by atoms with Crippen LogP contribution in [0.15, 0.2) is 0 Å². The van der Waals surface area contributed by atoms with E-state index in [0.29, 0.717) is 13.2 Å². The summed E-state index contributed by atoms with van der Waals surface area (Å²) in [5.41, 5.74) is -0.461. The lowest BCUT2D eigenvalue weighted by Gasteiger charge is -2.38. The van der Waals surface area contributed by atoms with Gasteiger partial charge in [0.05, 0.1) is 25.4 Å². The second-order valence-electron chi connectivity index (χ2n) is 3.79. The molecule has 0 bridgehead atoms. The van der Waals surface area contributed by atoms with E-state index >= 15 is 0 Å². The van der Waals surface area contributed by atoms with E-state index in [9.17, 15) is 0 Å². The molecule has 0 aromatic heterocycles. The highest BCUT2D eigenvalue weighted by Gasteiger charge is 2.31. The molecule has 0 radical (unpaired) electrons. The Balaban J connectivity index is 2.57. The Kier molecular flexibility index (Phi) is 3.26. The molecule has 13 heavy (non-hydrogen) atoms. The average Bonchev–Trinajstić information content (AvgIpc) is 2.18. The van der Waals surface area contributed by atoms with E-state index in [1.54, 1.807) is 0 Å². The van der Waals surface area contributed by atoms with E-state index in [-0.39, 0.29) is 12.7 Å². The monoisotopic (exact) mass is 184 g/mol. The fraction of sp³-hybridized carbons (Fsp3) is 0.889. The first kappa shape index (κ1) is 10.5. The quantitative estimate of drug-likeness (QED) is 0.655. The number of nitriles is 1. The average molecular weight is 184 g/mol. The van der Waals surface area contributed by atoms with E-state index < -0.39 is 5.54 Å². The van der Waals surface area contributed by atoms with Crippen LogP contribution in [0.2, 0.25) is 0 Å². The second-order valence-corrected chi connectivity index (χ2v) is 3.79. The lowest BCUT2D eigenvalue weighted by atomic mass is 10.0. The molecule has 1 rings (SSSR count). The molecule has 4 heteroatoms. The minimum atomic E-state index is -0.461. The van der Waals surface area contributed by atoms with E-state index in [4.69, 9.17) is 15.1 Å². The Bertz CT molecular complexity index is 210. The topological polar surface area (TPSA) is 56.5 Å². The molecule has 1 unspecified atom stereocenters. The minimum absolute atomic E-state index is 0.0258. The van der Waals surface area contributed by atoms with Crippen molar-refractivity contribution in [2.75, 3.05) is 26.3 Å². The molecule has 1 atom stereocenters. The van der Waals surface area contributed by atoms with Gasteiger partial charge in [0.15, 0.2) is 0 Å². The Labute approximate surface area is 78.7 Å². The lowest BCUT2D eigenvalue weighted by Crippen LogP contribution is -2.53. The summed E-state index contributed by atoms with van der Waals surface area (Å²) >= 11 is 0. The molecular weight excluding hydrogens is 168 g/mol. The molecule has 1 N–H and O–H groups in total. The molecule has 4 nitrogen and oxygen atoms in total. The largest absolute Gasteiger partial charge is 0.394 e. The fourth-order valence-corrected chi connectivity index (χ4v) is 1.41. The number of hydrogen-bond acceptors (Lipinski definition) is 4. The van der Waals surface area contributed by atoms with Crippen LogP contribution < -0.4 is 0 Å². The summed E-state index contributed by atoms with van der Waals surface area (Å²) in [5, 5.41) is 17.8. The Hall–Kier alpha value is -0.630. The number of rotatable bonds is 2. The summed E-state index contributed by atoms with van der Waals surface area (Å²) in [5.74, 6) is 0. The molecular formula is C9H16N2O2. The standard InChI is InChI=1S/C9H16N2O2/c1-9(2,7-10)11-3-4-13-8(5-11)6-12/h8,12H,3-6H2,1-2H3. The third-order valence-electron chi connectivity index (χ3n) is 2.41. The SMILES string of the molecule is CC(C)(C#N)N1CCOC(CO)C1. The van der Waals surface area contributed by atoms with Gasteiger partial charge in [-0.25, -0.2) is 0 Å². The number of aliphatic hydroxyl groups is 1. The number of ether oxygens (including phenoxy) is 1. The third kappa shape index (κ3) is 2.41. The summed E-state index contributed by atoms with van der Waals surface area (Å²) in [6, 6.07) is 2.24. The third-order valence-corrected chi connectivity index (χ3v) is 2.41. The summed E-state index contributed by atoms with van der Waals surface area (Å²) in [6.45, 7) is 5.78. The van der Waals surface area contributed by atoms with Gasteiger partial charge in [-0.2, -0.15) is 5.26 Å². The normalized spacial score (nSPS) is 25.5. The first-order chi connectivity index (χ1) is 6.10. The maximum absolute atomic E-state index is 8.91. The summed E-state index contributed by atoms with van der Waals surface area (Å²) in [6.07, 6.45) is -0.138. The molecule has 1 aliphatic rings. The van der Waals surface area contributed by atoms with Gasteiger partial charge in [0, 0.05) is 13.1 Å². The van der Waals surface area contributed by atoms with Crippen molar-refractivity contribution in [2.45, 2.75) is 25.5 Å². The smallest absolute Gasteiger partial charge is 0.103 e. The van der Waals surface area contributed by atoms with Gasteiger partial charge < -0.3 is 9.84 Å². The van der Waals surface area contributed by atoms with Crippen molar-refractivity contribution in [3.63, 3.8) is 0 Å². The van der Waals surface area contributed by atoms with Gasteiger partial charge in [0.1, 0.15) is 5.54 Å². The van der Waals surface area contributed by atoms with Gasteiger partial charge in [0.2, 0.25) is 0 Å². The van der Waals surface area contributed by atoms with Crippen molar-refractivity contribution in [1.29, 1.82) is 5.26 Å². The Morgan fingerprint density at radius 2 is 2.38 bits per heavy atom. The van der Waals surface area contributed by atoms with E-state index in [1.807, 2.05) is 18.7 Å². The van der Waals surface area contributed by atoms with Crippen LogP contribution in [-0.2, 0) is 4.74 Å². The van der Waals surface area contributed by atoms with Crippen LogP contribution in [0.25, 0.3) is 0 Å². The van der Waals surface area contributed by atoms with Crippen LogP contribution in [0.3, 0.4) is 0 Å². The lowest BCUT2D eigenvalue weighted by molar-refractivity contribution is -0.0706. The molecule has 74 valence electrons. The van der Waals surface area contributed by atoms with Gasteiger partial charge in [0.25, 0.3) is 0 Å². The molecule has 0 aromatic carbocycles. The predicted molar refractivity (Wildman–Crippen MR) is 48.1 cm³/mol. The number of morpholine rings is 1. The molecule has 0 aliphatic carbocycles. The van der Waals surface area contributed by atoms with Crippen LogP contribution in [0.4, 0.5) is 0 Å². The number of aliphatic hydroxyl groups excluding tert-OH is 1. The zero-order valence-corrected chi connectivity index (χ0v) is 8.16. The molecule has 0 aromatic rings. The van der Waals surface area contributed by atoms with Gasteiger partial charge in [-0.3, -0.25) is 4.90 Å². The minimum Gasteiger partial charge on any atom is -0.394 e. The zero-order valence-electron chi connectivity index (χ0n) is 8.16. The van der Waals surface area contributed by atoms with E-state index in [1.165, 1.54) is 0 Å². The molecule has 1 aliphatic heterocycles. The van der Waals surface area contributed by atoms with Crippen molar-refractivity contribution in [3.05, 3.63) is 0 Å². The summed E-state index contributed by atoms with van der Waals surface area (Å²) in [7, 11) is 0. The first-order valence-corrected chi connectivity index (χ1v) is 4.49. The van der Waals surface area contributed by atoms with Gasteiger partial charge in [-0.05, 0) is 13.8 Å². The molecule has 1 saturated heterocycles. The van der Waals surface area contributed by atoms with Crippen LogP contribution in [0.1, 0.15) is 13.8 Å². The first-order valence-electron chi connectivity index (χ1n) is 4.49. The van der Waals surface area contributed by atoms with Crippen LogP contribution in [-0.4, -0.2) is 48.0 Å². The highest BCUT2D eigenvalue weighted by atomic mass is 16.5. The van der Waals surface area contributed by atoms with Crippen LogP contribution in [0, 0.1) is 11.3 Å². The summed E-state index contributed by atoms with van der Waals surface area (Å²) in [4.78, 5) is 2.04. The van der Waals surface area contributed by atoms with Crippen LogP contribution in [0.5, 0.6) is 0 Å². The van der Waals surface area contributed by atoms with Gasteiger partial charge in [-0.15, -0.1) is 0 Å².